The number of aliphatic hydroxyl groups is 1. The van der Waals surface area contributed by atoms with Crippen LogP contribution >= 0.6 is 7.82 Å². The van der Waals surface area contributed by atoms with Gasteiger partial charge in [0.05, 0.1) is 25.6 Å². The molecule has 338 valence electrons. The highest BCUT2D eigenvalue weighted by Crippen LogP contribution is 2.52. The van der Waals surface area contributed by atoms with E-state index in [1.807, 2.05) is 6.08 Å². The van der Waals surface area contributed by atoms with Gasteiger partial charge in [-0.05, 0) is 31.8 Å². The zero-order valence-electron chi connectivity index (χ0n) is 36.4. The summed E-state index contributed by atoms with van der Waals surface area (Å²) in [4.78, 5) is 12.3. The SMILES string of the molecule is C=CCOC(=O)OC[C@H]1OC(O)[C@H](O/C=C\CCCCCCCCCCCCCCCC)[C@@H](OCC[C@@H](CCCCCCC)OC)[C@@H]1OP(=O)(OCC=C)OCC=C. The molecule has 0 aromatic heterocycles. The third-order valence-corrected chi connectivity index (χ3v) is 11.4. The summed E-state index contributed by atoms with van der Waals surface area (Å²) >= 11 is 0. The number of aliphatic hydroxyl groups excluding tert-OH is 1. The third-order valence-electron chi connectivity index (χ3n) is 10.0. The van der Waals surface area contributed by atoms with Crippen LogP contribution in [0, 0.1) is 0 Å². The van der Waals surface area contributed by atoms with Crippen LogP contribution in [0.3, 0.4) is 0 Å². The maximum absolute atomic E-state index is 14.0. The zero-order chi connectivity index (χ0) is 42.5. The Morgan fingerprint density at radius 3 is 1.78 bits per heavy atom. The number of ether oxygens (including phenoxy) is 6. The van der Waals surface area contributed by atoms with Crippen LogP contribution in [0.4, 0.5) is 4.79 Å². The number of carbonyl (C=O) groups excluding carboxylic acids is 1. The molecule has 1 aliphatic heterocycles. The topological polar surface area (TPSA) is 137 Å². The minimum atomic E-state index is -4.32. The van der Waals surface area contributed by atoms with E-state index in [1.165, 1.54) is 121 Å². The Labute approximate surface area is 352 Å². The van der Waals surface area contributed by atoms with Crippen molar-refractivity contribution < 1.29 is 56.5 Å². The molecule has 0 bridgehead atoms. The second kappa shape index (κ2) is 36.8. The monoisotopic (exact) mass is 845 g/mol. The van der Waals surface area contributed by atoms with Crippen molar-refractivity contribution >= 4 is 14.0 Å². The van der Waals surface area contributed by atoms with Crippen LogP contribution in [0.1, 0.15) is 155 Å². The molecule has 6 atom stereocenters. The third kappa shape index (κ3) is 26.2. The van der Waals surface area contributed by atoms with Crippen molar-refractivity contribution in [1.29, 1.82) is 0 Å². The maximum Gasteiger partial charge on any atom is 0.508 e. The van der Waals surface area contributed by atoms with Gasteiger partial charge in [0.1, 0.15) is 31.5 Å². The first-order valence-corrected chi connectivity index (χ1v) is 23.7. The predicted octanol–water partition coefficient (Wildman–Crippen LogP) is 11.9. The summed E-state index contributed by atoms with van der Waals surface area (Å²) in [5.41, 5.74) is 0. The van der Waals surface area contributed by atoms with Crippen LogP contribution in [0.25, 0.3) is 0 Å². The first kappa shape index (κ1) is 54.0. The Morgan fingerprint density at radius 2 is 1.24 bits per heavy atom. The van der Waals surface area contributed by atoms with Gasteiger partial charge in [0, 0.05) is 13.7 Å². The molecule has 0 aromatic rings. The van der Waals surface area contributed by atoms with Crippen molar-refractivity contribution in [1.82, 2.24) is 0 Å². The van der Waals surface area contributed by atoms with E-state index in [2.05, 4.69) is 33.6 Å². The lowest BCUT2D eigenvalue weighted by atomic mass is 9.98. The average molecular weight is 845 g/mol. The lowest BCUT2D eigenvalue weighted by Crippen LogP contribution is -2.61. The summed E-state index contributed by atoms with van der Waals surface area (Å²) in [7, 11) is -2.64. The Morgan fingerprint density at radius 1 is 0.707 bits per heavy atom. The summed E-state index contributed by atoms with van der Waals surface area (Å²) in [6, 6.07) is 0. The summed E-state index contributed by atoms with van der Waals surface area (Å²) in [6.07, 6.45) is 26.4. The van der Waals surface area contributed by atoms with Crippen LogP contribution in [-0.2, 0) is 46.6 Å². The van der Waals surface area contributed by atoms with E-state index in [0.717, 1.165) is 38.5 Å². The van der Waals surface area contributed by atoms with E-state index < -0.39 is 51.3 Å². The van der Waals surface area contributed by atoms with E-state index in [-0.39, 0.29) is 32.5 Å². The van der Waals surface area contributed by atoms with Crippen molar-refractivity contribution in [3.63, 3.8) is 0 Å². The lowest BCUT2D eigenvalue weighted by molar-refractivity contribution is -0.293. The predicted molar refractivity (Wildman–Crippen MR) is 231 cm³/mol. The van der Waals surface area contributed by atoms with Gasteiger partial charge in [-0.3, -0.25) is 13.6 Å². The van der Waals surface area contributed by atoms with Gasteiger partial charge in [-0.25, -0.2) is 9.36 Å². The molecule has 0 spiro atoms. The molecule has 1 saturated heterocycles. The molecule has 1 unspecified atom stereocenters. The second-order valence-corrected chi connectivity index (χ2v) is 16.6. The van der Waals surface area contributed by atoms with Crippen molar-refractivity contribution in [2.45, 2.75) is 192 Å². The number of hydrogen-bond donors (Lipinski definition) is 1. The van der Waals surface area contributed by atoms with Crippen molar-refractivity contribution in [2.24, 2.45) is 0 Å². The van der Waals surface area contributed by atoms with E-state index in [9.17, 15) is 14.5 Å². The fourth-order valence-electron chi connectivity index (χ4n) is 6.71. The van der Waals surface area contributed by atoms with Crippen LogP contribution < -0.4 is 0 Å². The fraction of sp³-hybridized carbons (Fsp3) is 0.800. The largest absolute Gasteiger partial charge is 0.508 e. The first-order valence-electron chi connectivity index (χ1n) is 22.3. The fourth-order valence-corrected chi connectivity index (χ4v) is 8.03. The molecular formula is C45H81O12P. The average Bonchev–Trinajstić information content (AvgIpc) is 3.22. The number of phosphoric ester groups is 1. The quantitative estimate of drug-likeness (QED) is 0.0207. The van der Waals surface area contributed by atoms with E-state index in [0.29, 0.717) is 6.42 Å². The molecule has 1 heterocycles. The number of rotatable bonds is 40. The van der Waals surface area contributed by atoms with Gasteiger partial charge in [0.2, 0.25) is 0 Å². The maximum atomic E-state index is 14.0. The molecule has 1 fully saturated rings. The van der Waals surface area contributed by atoms with Gasteiger partial charge in [0.15, 0.2) is 12.4 Å². The molecule has 1 rings (SSSR count). The molecule has 58 heavy (non-hydrogen) atoms. The van der Waals surface area contributed by atoms with E-state index in [1.54, 1.807) is 7.11 Å². The molecule has 12 nitrogen and oxygen atoms in total. The molecule has 0 radical (unpaired) electrons. The minimum absolute atomic E-state index is 0.0631. The van der Waals surface area contributed by atoms with Gasteiger partial charge >= 0.3 is 14.0 Å². The van der Waals surface area contributed by atoms with Crippen LogP contribution in [0.5, 0.6) is 0 Å². The summed E-state index contributed by atoms with van der Waals surface area (Å²) in [5, 5.41) is 11.3. The Hall–Kier alpha value is -2.02. The Bertz CT molecular complexity index is 1090. The molecule has 0 amide bonds. The number of allylic oxidation sites excluding steroid dienone is 1. The number of unbranched alkanes of at least 4 members (excludes halogenated alkanes) is 18. The normalized spacial score (nSPS) is 20.2. The van der Waals surface area contributed by atoms with Crippen LogP contribution in [-0.4, -0.2) is 88.2 Å². The van der Waals surface area contributed by atoms with Crippen molar-refractivity contribution in [2.75, 3.05) is 40.1 Å². The number of hydrogen-bond acceptors (Lipinski definition) is 12. The van der Waals surface area contributed by atoms with Crippen LogP contribution in [0.15, 0.2) is 50.3 Å². The molecule has 13 heteroatoms. The molecule has 0 aliphatic carbocycles. The number of methoxy groups -OCH3 is 1. The molecular weight excluding hydrogens is 763 g/mol. The summed E-state index contributed by atoms with van der Waals surface area (Å²) < 4.78 is 65.5. The van der Waals surface area contributed by atoms with Gasteiger partial charge in [-0.15, -0.1) is 13.2 Å². The zero-order valence-corrected chi connectivity index (χ0v) is 37.3. The number of phosphoric acid groups is 1. The molecule has 1 aliphatic rings. The van der Waals surface area contributed by atoms with Gasteiger partial charge in [-0.2, -0.15) is 0 Å². The van der Waals surface area contributed by atoms with Gasteiger partial charge in [0.25, 0.3) is 0 Å². The standard InChI is InChI=1S/C45H81O12P/c1-7-12-14-16-17-18-19-20-21-22-23-24-25-26-28-30-36-50-43-42(51-37-32-39(49-6)31-29-27-15-13-8-2)41(57-58(48,54-34-10-4)55-35-11-5)40(56-44(43)46)38-53-45(47)52-33-9-3/h9-11,30,36,39-44,46H,3-5,7-8,12-29,31-35,37-38H2,1-2,6H3/b36-30-/t39-,40-,41-,42+,43-,44?/m1/s1. The molecule has 0 saturated carbocycles. The van der Waals surface area contributed by atoms with E-state index in [4.69, 9.17) is 42.0 Å². The molecule has 0 aromatic carbocycles. The highest BCUT2D eigenvalue weighted by molar-refractivity contribution is 7.48. The summed E-state index contributed by atoms with van der Waals surface area (Å²) in [6.45, 7) is 14.6. The van der Waals surface area contributed by atoms with Crippen molar-refractivity contribution in [3.8, 4) is 0 Å². The lowest BCUT2D eigenvalue weighted by Gasteiger charge is -2.44. The highest BCUT2D eigenvalue weighted by atomic mass is 31.2. The summed E-state index contributed by atoms with van der Waals surface area (Å²) in [5.74, 6) is 0. The minimum Gasteiger partial charge on any atom is -0.490 e. The Balaban J connectivity index is 3.01. The second-order valence-electron chi connectivity index (χ2n) is 15.0. The first-order chi connectivity index (χ1) is 28.3. The number of carbonyl (C=O) groups is 1. The Kier molecular flexibility index (Phi) is 34.3. The van der Waals surface area contributed by atoms with Crippen LogP contribution in [0.2, 0.25) is 0 Å². The van der Waals surface area contributed by atoms with Gasteiger partial charge in [-0.1, -0.05) is 154 Å². The molecule has 1 N–H and O–H groups in total. The highest BCUT2D eigenvalue weighted by Gasteiger charge is 2.52. The van der Waals surface area contributed by atoms with Crippen molar-refractivity contribution in [3.05, 3.63) is 50.3 Å². The smallest absolute Gasteiger partial charge is 0.490 e. The van der Waals surface area contributed by atoms with Gasteiger partial charge < -0.3 is 33.5 Å². The van der Waals surface area contributed by atoms with E-state index >= 15 is 0 Å².